The van der Waals surface area contributed by atoms with E-state index in [0.717, 1.165) is 22.5 Å². The molecule has 1 heterocycles. The van der Waals surface area contributed by atoms with E-state index in [4.69, 9.17) is 25.1 Å². The maximum Gasteiger partial charge on any atom is 0.267 e. The molecule has 0 amide bonds. The topological polar surface area (TPSA) is 152 Å². The quantitative estimate of drug-likeness (QED) is 0.372. The molecule has 4 N–H and O–H groups in total. The van der Waals surface area contributed by atoms with Crippen LogP contribution in [0.2, 0.25) is 0 Å². The fourth-order valence-electron chi connectivity index (χ4n) is 2.69. The van der Waals surface area contributed by atoms with E-state index < -0.39 is 10.0 Å². The van der Waals surface area contributed by atoms with Crippen LogP contribution in [0, 0.1) is 0 Å². The highest BCUT2D eigenvalue weighted by atomic mass is 32.2. The number of anilines is 1. The summed E-state index contributed by atoms with van der Waals surface area (Å²) < 4.78 is 38.8. The lowest BCUT2D eigenvalue weighted by Gasteiger charge is -2.12. The van der Waals surface area contributed by atoms with Gasteiger partial charge in [-0.1, -0.05) is 29.5 Å². The van der Waals surface area contributed by atoms with Crippen LogP contribution in [-0.4, -0.2) is 45.7 Å². The number of sulfonamides is 1. The van der Waals surface area contributed by atoms with E-state index in [0.29, 0.717) is 28.6 Å². The number of nitrogens with zero attached hydrogens (tertiary/aromatic N) is 3. The third kappa shape index (κ3) is 5.41. The highest BCUT2D eigenvalue weighted by molar-refractivity contribution is 7.91. The lowest BCUT2D eigenvalue weighted by Crippen LogP contribution is -2.11. The van der Waals surface area contributed by atoms with E-state index in [2.05, 4.69) is 15.2 Å². The average molecular weight is 476 g/mol. The Balaban J connectivity index is 2.06. The van der Waals surface area contributed by atoms with Crippen molar-refractivity contribution in [2.45, 2.75) is 4.34 Å². The fourth-order valence-corrected chi connectivity index (χ4v) is 4.00. The van der Waals surface area contributed by atoms with Gasteiger partial charge in [-0.05, 0) is 35.9 Å². The van der Waals surface area contributed by atoms with Crippen molar-refractivity contribution < 1.29 is 22.6 Å². The van der Waals surface area contributed by atoms with Crippen LogP contribution in [0.25, 0.3) is 6.08 Å². The van der Waals surface area contributed by atoms with Gasteiger partial charge in [0, 0.05) is 11.3 Å². The molecule has 3 aromatic rings. The molecular weight excluding hydrogens is 454 g/mol. The number of hydrogen-bond acceptors (Lipinski definition) is 10. The second kappa shape index (κ2) is 9.77. The second-order valence-electron chi connectivity index (χ2n) is 6.31. The van der Waals surface area contributed by atoms with Gasteiger partial charge in [-0.3, -0.25) is 0 Å². The van der Waals surface area contributed by atoms with E-state index in [1.165, 1.54) is 21.3 Å². The van der Waals surface area contributed by atoms with Gasteiger partial charge < -0.3 is 19.9 Å². The van der Waals surface area contributed by atoms with Gasteiger partial charge in [0.1, 0.15) is 0 Å². The number of aromatic nitrogens is 2. The lowest BCUT2D eigenvalue weighted by atomic mass is 10.1. The molecule has 0 atom stereocenters. The molecule has 32 heavy (non-hydrogen) atoms. The number of hydrogen-bond donors (Lipinski definition) is 2. The number of nitrogens with two attached hydrogens (primary N) is 2. The molecule has 0 aliphatic heterocycles. The number of allylic oxidation sites excluding steroid dienone is 1. The summed E-state index contributed by atoms with van der Waals surface area (Å²) in [7, 11) is 0.628. The molecule has 1 aromatic heterocycles. The minimum Gasteiger partial charge on any atom is -0.493 e. The predicted molar refractivity (Wildman–Crippen MR) is 123 cm³/mol. The molecule has 168 valence electrons. The van der Waals surface area contributed by atoms with Crippen molar-refractivity contribution in [3.63, 3.8) is 0 Å². The van der Waals surface area contributed by atoms with Gasteiger partial charge >= 0.3 is 0 Å². The summed E-state index contributed by atoms with van der Waals surface area (Å²) in [6, 6.07) is 10.6. The van der Waals surface area contributed by atoms with Crippen LogP contribution < -0.4 is 25.1 Å². The maximum absolute atomic E-state index is 11.5. The zero-order valence-corrected chi connectivity index (χ0v) is 19.1. The SMILES string of the molecule is COc1cc(/C=C/C(=N/c2nnc(S(N)(=O)=O)s2)c2ccc(N)cc2)cc(OC)c1OC. The Morgan fingerprint density at radius 1 is 1.03 bits per heavy atom. The van der Waals surface area contributed by atoms with Crippen LogP contribution in [0.15, 0.2) is 51.8 Å². The number of nitrogen functional groups attached to an aromatic ring is 1. The zero-order valence-electron chi connectivity index (χ0n) is 17.5. The average Bonchev–Trinajstić information content (AvgIpc) is 3.25. The number of benzene rings is 2. The minimum atomic E-state index is -3.96. The largest absolute Gasteiger partial charge is 0.493 e. The van der Waals surface area contributed by atoms with Gasteiger partial charge in [-0.2, -0.15) is 0 Å². The number of rotatable bonds is 8. The molecular formula is C20H21N5O5S2. The molecule has 10 nitrogen and oxygen atoms in total. The van der Waals surface area contributed by atoms with Gasteiger partial charge in [0.25, 0.3) is 10.0 Å². The number of ether oxygens (including phenoxy) is 3. The summed E-state index contributed by atoms with van der Waals surface area (Å²) >= 11 is 0.767. The van der Waals surface area contributed by atoms with E-state index in [9.17, 15) is 8.42 Å². The molecule has 0 radical (unpaired) electrons. The van der Waals surface area contributed by atoms with Crippen LogP contribution in [0.1, 0.15) is 11.1 Å². The molecule has 0 bridgehead atoms. The summed E-state index contributed by atoms with van der Waals surface area (Å²) in [6.07, 6.45) is 3.53. The number of methoxy groups -OCH3 is 3. The predicted octanol–water partition coefficient (Wildman–Crippen LogP) is 2.63. The van der Waals surface area contributed by atoms with Gasteiger partial charge in [-0.15, -0.1) is 10.2 Å². The molecule has 2 aromatic carbocycles. The normalized spacial score (nSPS) is 12.2. The zero-order chi connectivity index (χ0) is 23.3. The Morgan fingerprint density at radius 2 is 1.66 bits per heavy atom. The molecule has 12 heteroatoms. The molecule has 0 unspecified atom stereocenters. The Labute approximate surface area is 189 Å². The summed E-state index contributed by atoms with van der Waals surface area (Å²) in [5.41, 5.74) is 8.36. The van der Waals surface area contributed by atoms with Crippen LogP contribution in [0.3, 0.4) is 0 Å². The molecule has 3 rings (SSSR count). The van der Waals surface area contributed by atoms with Crippen molar-refractivity contribution in [3.8, 4) is 17.2 Å². The van der Waals surface area contributed by atoms with Gasteiger partial charge in [0.2, 0.25) is 15.2 Å². The van der Waals surface area contributed by atoms with Crippen molar-refractivity contribution in [1.82, 2.24) is 10.2 Å². The van der Waals surface area contributed by atoms with E-state index in [1.54, 1.807) is 48.6 Å². The molecule has 0 aliphatic rings. The summed E-state index contributed by atoms with van der Waals surface area (Å²) in [6.45, 7) is 0. The van der Waals surface area contributed by atoms with Crippen LogP contribution in [0.4, 0.5) is 10.8 Å². The first-order chi connectivity index (χ1) is 15.2. The third-order valence-corrected chi connectivity index (χ3v) is 6.31. The minimum absolute atomic E-state index is 0.135. The molecule has 0 spiro atoms. The van der Waals surface area contributed by atoms with Crippen LogP contribution >= 0.6 is 11.3 Å². The Morgan fingerprint density at radius 3 is 2.16 bits per heavy atom. The first-order valence-electron chi connectivity index (χ1n) is 9.04. The highest BCUT2D eigenvalue weighted by Crippen LogP contribution is 2.38. The molecule has 0 fully saturated rings. The number of primary sulfonamides is 1. The van der Waals surface area contributed by atoms with Crippen molar-refractivity contribution in [2.24, 2.45) is 10.1 Å². The summed E-state index contributed by atoms with van der Waals surface area (Å²) in [5, 5.41) is 12.6. The van der Waals surface area contributed by atoms with Crippen molar-refractivity contribution in [1.29, 1.82) is 0 Å². The standard InChI is InChI=1S/C20H21N5O5S2/c1-28-16-10-12(11-17(29-2)18(16)30-3)4-9-15(13-5-7-14(21)8-6-13)23-19-24-25-20(31-19)32(22,26)27/h4-11H,21H2,1-3H3,(H2,22,26,27)/b9-4+,23-15-. The molecule has 0 saturated heterocycles. The van der Waals surface area contributed by atoms with Crippen molar-refractivity contribution in [2.75, 3.05) is 27.1 Å². The maximum atomic E-state index is 11.5. The van der Waals surface area contributed by atoms with Crippen molar-refractivity contribution in [3.05, 3.63) is 53.6 Å². The number of aliphatic imine (C=N–C) groups is 1. The first kappa shape index (κ1) is 23.2. The highest BCUT2D eigenvalue weighted by Gasteiger charge is 2.16. The third-order valence-electron chi connectivity index (χ3n) is 4.18. The Bertz CT molecular complexity index is 1240. The van der Waals surface area contributed by atoms with Crippen LogP contribution in [0.5, 0.6) is 17.2 Å². The fraction of sp³-hybridized carbons (Fsp3) is 0.150. The van der Waals surface area contributed by atoms with E-state index in [1.807, 2.05) is 0 Å². The van der Waals surface area contributed by atoms with Crippen molar-refractivity contribution >= 4 is 44.0 Å². The Kier molecular flexibility index (Phi) is 7.08. The molecule has 0 saturated carbocycles. The van der Waals surface area contributed by atoms with Gasteiger partial charge in [0.15, 0.2) is 11.5 Å². The summed E-state index contributed by atoms with van der Waals surface area (Å²) in [5.74, 6) is 1.47. The monoisotopic (exact) mass is 475 g/mol. The van der Waals surface area contributed by atoms with Gasteiger partial charge in [0.05, 0.1) is 27.0 Å². The van der Waals surface area contributed by atoms with Crippen LogP contribution in [-0.2, 0) is 10.0 Å². The first-order valence-corrected chi connectivity index (χ1v) is 11.4. The van der Waals surface area contributed by atoms with Gasteiger partial charge in [-0.25, -0.2) is 18.5 Å². The lowest BCUT2D eigenvalue weighted by molar-refractivity contribution is 0.324. The smallest absolute Gasteiger partial charge is 0.267 e. The second-order valence-corrected chi connectivity index (χ2v) is 9.00. The van der Waals surface area contributed by atoms with E-state index in [-0.39, 0.29) is 9.47 Å². The summed E-state index contributed by atoms with van der Waals surface area (Å²) in [4.78, 5) is 4.45. The van der Waals surface area contributed by atoms with E-state index >= 15 is 0 Å². The Hall–Kier alpha value is -3.48. The molecule has 0 aliphatic carbocycles.